The summed E-state index contributed by atoms with van der Waals surface area (Å²) in [6.07, 6.45) is 17.5. The number of pyridine rings is 5. The number of fused-ring (bicyclic) bond motifs is 3. The van der Waals surface area contributed by atoms with E-state index in [-0.39, 0.29) is 17.1 Å². The van der Waals surface area contributed by atoms with Crippen LogP contribution in [0.5, 0.6) is 0 Å². The quantitative estimate of drug-likeness (QED) is 0.0503. The van der Waals surface area contributed by atoms with E-state index in [0.29, 0.717) is 0 Å². The van der Waals surface area contributed by atoms with E-state index in [1.54, 1.807) is 86.0 Å². The molecule has 19 nitrogen and oxygen atoms in total. The summed E-state index contributed by atoms with van der Waals surface area (Å²) >= 11 is 0. The van der Waals surface area contributed by atoms with Gasteiger partial charge in [-0.3, -0.25) is 24.9 Å². The zero-order valence-corrected chi connectivity index (χ0v) is 28.5. The third-order valence-electron chi connectivity index (χ3n) is 5.08. The normalized spacial score (nSPS) is 10.5. The van der Waals surface area contributed by atoms with Crippen molar-refractivity contribution >= 4 is 40.4 Å². The Morgan fingerprint density at radius 2 is 0.673 bits per heavy atom. The fourth-order valence-electron chi connectivity index (χ4n) is 3.23. The number of rotatable bonds is 3. The predicted octanol–water partition coefficient (Wildman–Crippen LogP) is -4.06. The Bertz CT molecular complexity index is 1700. The van der Waals surface area contributed by atoms with Crippen LogP contribution in [0.1, 0.15) is 16.7 Å². The second kappa shape index (κ2) is 26.5. The molecule has 0 aliphatic rings. The molecule has 5 heterocycles. The van der Waals surface area contributed by atoms with Gasteiger partial charge in [-0.2, -0.15) is 0 Å². The van der Waals surface area contributed by atoms with E-state index < -0.39 is 20.5 Å². The maximum atomic E-state index is 8.49. The molecule has 0 unspecified atom stereocenters. The molecule has 1 radical (unpaired) electrons. The first kappa shape index (κ1) is 46.7. The number of oxime groups is 3. The summed E-state index contributed by atoms with van der Waals surface area (Å²) in [7, 11) is -9.89. The van der Waals surface area contributed by atoms with Gasteiger partial charge in [-0.1, -0.05) is 39.7 Å². The molecule has 6 aromatic rings. The van der Waals surface area contributed by atoms with Crippen molar-refractivity contribution in [2.45, 2.75) is 0 Å². The summed E-state index contributed by atoms with van der Waals surface area (Å²) in [5.41, 5.74) is 4.48. The number of hydrogen-bond donors (Lipinski definition) is 3. The Morgan fingerprint density at radius 3 is 0.904 bits per heavy atom. The molecule has 0 bridgehead atoms. The van der Waals surface area contributed by atoms with E-state index >= 15 is 0 Å². The Balaban J connectivity index is 0.000000622. The largest absolute Gasteiger partial charge is 2.00 e. The average molecular weight is 809 g/mol. The van der Waals surface area contributed by atoms with Gasteiger partial charge >= 0.3 is 17.1 Å². The molecule has 0 saturated carbocycles. The van der Waals surface area contributed by atoms with Crippen LogP contribution >= 0.6 is 0 Å². The summed E-state index contributed by atoms with van der Waals surface area (Å²) in [6.45, 7) is 0. The molecule has 6 rings (SSSR count). The summed E-state index contributed by atoms with van der Waals surface area (Å²) in [5, 5.41) is 35.0. The van der Waals surface area contributed by atoms with Gasteiger partial charge in [0.1, 0.15) is 0 Å². The molecule has 22 heteroatoms. The van der Waals surface area contributed by atoms with Gasteiger partial charge in [0, 0.05) is 60.3 Å². The van der Waals surface area contributed by atoms with Crippen LogP contribution in [-0.4, -0.2) is 59.2 Å². The van der Waals surface area contributed by atoms with Crippen LogP contribution in [0.4, 0.5) is 0 Å². The first-order chi connectivity index (χ1) is 24.2. The number of nitrogens with zero attached hydrogens (tertiary/aromatic N) is 8. The van der Waals surface area contributed by atoms with Crippen LogP contribution in [0.2, 0.25) is 0 Å². The Morgan fingerprint density at radius 1 is 0.423 bits per heavy atom. The summed E-state index contributed by atoms with van der Waals surface area (Å²) < 4.78 is 67.9. The average Bonchev–Trinajstić information content (AvgIpc) is 3.10. The van der Waals surface area contributed by atoms with Gasteiger partial charge in [0.2, 0.25) is 0 Å². The van der Waals surface area contributed by atoms with Crippen molar-refractivity contribution in [1.29, 1.82) is 0 Å². The van der Waals surface area contributed by atoms with Crippen molar-refractivity contribution in [3.8, 4) is 0 Å². The first-order valence-electron chi connectivity index (χ1n) is 13.3. The second-order valence-corrected chi connectivity index (χ2v) is 10.1. The number of aromatic nitrogens is 5. The Hall–Kier alpha value is -5.32. The van der Waals surface area contributed by atoms with Crippen LogP contribution in [0.25, 0.3) is 21.8 Å². The van der Waals surface area contributed by atoms with E-state index in [2.05, 4.69) is 64.7 Å². The van der Waals surface area contributed by atoms with Crippen molar-refractivity contribution in [3.05, 3.63) is 139 Å². The van der Waals surface area contributed by atoms with Gasteiger partial charge in [0.25, 0.3) is 0 Å². The minimum atomic E-state index is -4.94. The molecule has 3 N–H and O–H groups in total. The second-order valence-electron chi connectivity index (χ2n) is 8.55. The van der Waals surface area contributed by atoms with Gasteiger partial charge in [-0.25, -0.2) is 37.3 Å². The van der Waals surface area contributed by atoms with Crippen molar-refractivity contribution in [1.82, 2.24) is 24.9 Å². The fraction of sp³-hybridized carbons (Fsp3) is 0. The van der Waals surface area contributed by atoms with Crippen LogP contribution in [0, 0.1) is 20.5 Å². The van der Waals surface area contributed by atoms with E-state index in [1.165, 1.54) is 18.6 Å². The maximum absolute atomic E-state index is 8.49. The molecule has 0 atom stereocenters. The standard InChI is InChI=1S/C12H8N2.3C6H6N2O.2ClHO4.Cu/c1-3-9-5-6-10-4-2-8-14-12(10)11(9)13-7-1;3*9-8-5-6-1-3-7-4-2-6;2*2-1(3,4)5;/h1-8H;3*1-5,9H;2*(H,2,3,4,5);/q;;;;;;+2/p-2/b;3*8-5+;;;. The SMILES string of the molecule is O/N=C/c1ccncc1.O/N=C/c1ccncc1.O/N=C/c1ccncc1.[Cu+2].[O-][Cl+3]([O-])([O-])[O-].[O-][Cl+3]([O-])([O-])[O-].c1cnc2c(c1)ccc1cccnc12. The summed E-state index contributed by atoms with van der Waals surface area (Å²) in [6, 6.07) is 22.6. The minimum absolute atomic E-state index is 0. The van der Waals surface area contributed by atoms with Gasteiger partial charge < -0.3 is 15.6 Å². The molecule has 0 aliphatic carbocycles. The zero-order valence-electron chi connectivity index (χ0n) is 26.0. The molecule has 0 fully saturated rings. The third kappa shape index (κ3) is 24.8. The third-order valence-corrected chi connectivity index (χ3v) is 5.08. The van der Waals surface area contributed by atoms with Crippen molar-refractivity contribution in [2.75, 3.05) is 0 Å². The molecule has 5 aromatic heterocycles. The van der Waals surface area contributed by atoms with E-state index in [4.69, 9.17) is 52.9 Å². The Labute approximate surface area is 309 Å². The number of halogens is 2. The fourth-order valence-corrected chi connectivity index (χ4v) is 3.23. The van der Waals surface area contributed by atoms with E-state index in [0.717, 1.165) is 38.5 Å². The predicted molar refractivity (Wildman–Crippen MR) is 158 cm³/mol. The molecule has 0 amide bonds. The van der Waals surface area contributed by atoms with Crippen LogP contribution in [0.3, 0.4) is 0 Å². The van der Waals surface area contributed by atoms with Gasteiger partial charge in [0.15, 0.2) is 0 Å². The molecule has 0 aliphatic heterocycles. The molecule has 1 aromatic carbocycles. The van der Waals surface area contributed by atoms with Gasteiger partial charge in [-0.05, 0) is 65.2 Å². The van der Waals surface area contributed by atoms with E-state index in [1.807, 2.05) is 12.1 Å². The van der Waals surface area contributed by atoms with Crippen LogP contribution < -0.4 is 37.3 Å². The van der Waals surface area contributed by atoms with Gasteiger partial charge in [0.05, 0.1) is 29.7 Å². The Kier molecular flexibility index (Phi) is 23.8. The minimum Gasteiger partial charge on any atom is -0.411 e. The van der Waals surface area contributed by atoms with E-state index in [9.17, 15) is 0 Å². The van der Waals surface area contributed by atoms with Crippen LogP contribution in [0.15, 0.2) is 138 Å². The van der Waals surface area contributed by atoms with Crippen molar-refractivity contribution in [2.24, 2.45) is 15.5 Å². The van der Waals surface area contributed by atoms with Crippen LogP contribution in [-0.2, 0) is 17.1 Å². The molecule has 0 spiro atoms. The zero-order chi connectivity index (χ0) is 38.0. The van der Waals surface area contributed by atoms with Crippen molar-refractivity contribution < 1.29 is 90.4 Å². The molecule has 0 saturated heterocycles. The molecule has 277 valence electrons. The number of benzene rings is 1. The van der Waals surface area contributed by atoms with Gasteiger partial charge in [-0.15, -0.1) is 20.5 Å². The molecular formula is C30H26Cl2CuN8O11. The molecular weight excluding hydrogens is 783 g/mol. The topological polar surface area (TPSA) is 347 Å². The summed E-state index contributed by atoms with van der Waals surface area (Å²) in [5.74, 6) is 0. The van der Waals surface area contributed by atoms with Crippen molar-refractivity contribution in [3.63, 3.8) is 0 Å². The number of hydrogen-bond acceptors (Lipinski definition) is 19. The first-order valence-corrected chi connectivity index (χ1v) is 15.8. The smallest absolute Gasteiger partial charge is 0.411 e. The summed E-state index contributed by atoms with van der Waals surface area (Å²) in [4.78, 5) is 20.0. The maximum Gasteiger partial charge on any atom is 2.00 e. The monoisotopic (exact) mass is 807 g/mol. The molecule has 52 heavy (non-hydrogen) atoms.